The first-order valence-corrected chi connectivity index (χ1v) is 4.14. The molecule has 0 saturated heterocycles. The lowest BCUT2D eigenvalue weighted by atomic mass is 10.1. The van der Waals surface area contributed by atoms with Crippen molar-refractivity contribution in [1.29, 1.82) is 0 Å². The summed E-state index contributed by atoms with van der Waals surface area (Å²) >= 11 is 0. The van der Waals surface area contributed by atoms with Gasteiger partial charge in [-0.05, 0) is 30.4 Å². The SMILES string of the molecule is N[C@H](c1ccc(F)nc1)C1CC1. The van der Waals surface area contributed by atoms with Crippen molar-refractivity contribution in [2.75, 3.05) is 0 Å². The Morgan fingerprint density at radius 2 is 2.25 bits per heavy atom. The van der Waals surface area contributed by atoms with Gasteiger partial charge in [0, 0.05) is 12.2 Å². The zero-order chi connectivity index (χ0) is 8.55. The summed E-state index contributed by atoms with van der Waals surface area (Å²) in [5.74, 6) is 0.152. The van der Waals surface area contributed by atoms with Gasteiger partial charge in [-0.15, -0.1) is 0 Å². The summed E-state index contributed by atoms with van der Waals surface area (Å²) in [7, 11) is 0. The molecule has 1 aromatic rings. The Hall–Kier alpha value is -0.960. The van der Waals surface area contributed by atoms with Crippen LogP contribution in [0.5, 0.6) is 0 Å². The van der Waals surface area contributed by atoms with Gasteiger partial charge in [0.25, 0.3) is 0 Å². The number of rotatable bonds is 2. The lowest BCUT2D eigenvalue weighted by molar-refractivity contribution is 0.573. The molecule has 1 aliphatic rings. The number of pyridine rings is 1. The average Bonchev–Trinajstić information content (AvgIpc) is 2.87. The Kier molecular flexibility index (Phi) is 1.81. The van der Waals surface area contributed by atoms with Crippen LogP contribution in [0.15, 0.2) is 18.3 Å². The van der Waals surface area contributed by atoms with Crippen LogP contribution < -0.4 is 5.73 Å². The number of hydrogen-bond donors (Lipinski definition) is 1. The van der Waals surface area contributed by atoms with Crippen molar-refractivity contribution in [3.63, 3.8) is 0 Å². The number of aromatic nitrogens is 1. The van der Waals surface area contributed by atoms with E-state index in [1.165, 1.54) is 25.1 Å². The number of halogens is 1. The molecule has 2 rings (SSSR count). The van der Waals surface area contributed by atoms with Crippen LogP contribution in [0.1, 0.15) is 24.4 Å². The second-order valence-corrected chi connectivity index (χ2v) is 3.28. The Morgan fingerprint density at radius 1 is 1.50 bits per heavy atom. The predicted molar refractivity (Wildman–Crippen MR) is 43.8 cm³/mol. The normalized spacial score (nSPS) is 19.2. The first-order chi connectivity index (χ1) is 5.77. The third kappa shape index (κ3) is 1.46. The molecule has 1 fully saturated rings. The van der Waals surface area contributed by atoms with E-state index in [1.807, 2.05) is 0 Å². The smallest absolute Gasteiger partial charge is 0.212 e. The molecule has 1 heterocycles. The minimum absolute atomic E-state index is 0.0538. The zero-order valence-electron chi connectivity index (χ0n) is 6.70. The second kappa shape index (κ2) is 2.83. The molecule has 0 radical (unpaired) electrons. The van der Waals surface area contributed by atoms with Crippen molar-refractivity contribution in [3.05, 3.63) is 29.8 Å². The average molecular weight is 166 g/mol. The van der Waals surface area contributed by atoms with Crippen molar-refractivity contribution >= 4 is 0 Å². The molecule has 1 aliphatic carbocycles. The third-order valence-electron chi connectivity index (χ3n) is 2.27. The maximum absolute atomic E-state index is 12.4. The molecule has 1 atom stereocenters. The summed E-state index contributed by atoms with van der Waals surface area (Å²) in [6.07, 6.45) is 3.91. The van der Waals surface area contributed by atoms with Crippen molar-refractivity contribution in [2.24, 2.45) is 11.7 Å². The maximum Gasteiger partial charge on any atom is 0.212 e. The second-order valence-electron chi connectivity index (χ2n) is 3.28. The first kappa shape index (κ1) is 7.68. The number of nitrogens with two attached hydrogens (primary N) is 1. The van der Waals surface area contributed by atoms with E-state index < -0.39 is 5.95 Å². The molecule has 0 aromatic carbocycles. The molecule has 3 heteroatoms. The minimum atomic E-state index is -0.443. The molecule has 2 N–H and O–H groups in total. The molecule has 0 aliphatic heterocycles. The van der Waals surface area contributed by atoms with E-state index in [0.29, 0.717) is 5.92 Å². The van der Waals surface area contributed by atoms with Gasteiger partial charge in [-0.3, -0.25) is 0 Å². The van der Waals surface area contributed by atoms with E-state index in [9.17, 15) is 4.39 Å². The summed E-state index contributed by atoms with van der Waals surface area (Å²) in [5.41, 5.74) is 6.83. The maximum atomic E-state index is 12.4. The standard InChI is InChI=1S/C9H11FN2/c10-8-4-3-7(5-12-8)9(11)6-1-2-6/h3-6,9H,1-2,11H2/t9-/m0/s1. The van der Waals surface area contributed by atoms with Crippen LogP contribution in [-0.2, 0) is 0 Å². The van der Waals surface area contributed by atoms with E-state index in [-0.39, 0.29) is 6.04 Å². The molecule has 0 unspecified atom stereocenters. The first-order valence-electron chi connectivity index (χ1n) is 4.14. The Labute approximate surface area is 70.6 Å². The van der Waals surface area contributed by atoms with Crippen molar-refractivity contribution < 1.29 is 4.39 Å². The van der Waals surface area contributed by atoms with Gasteiger partial charge in [-0.25, -0.2) is 4.98 Å². The lowest BCUT2D eigenvalue weighted by Crippen LogP contribution is -2.12. The van der Waals surface area contributed by atoms with Crippen LogP contribution in [-0.4, -0.2) is 4.98 Å². The fourth-order valence-corrected chi connectivity index (χ4v) is 1.31. The highest BCUT2D eigenvalue weighted by molar-refractivity contribution is 5.16. The van der Waals surface area contributed by atoms with E-state index in [0.717, 1.165) is 5.56 Å². The van der Waals surface area contributed by atoms with Crippen LogP contribution in [0.25, 0.3) is 0 Å². The van der Waals surface area contributed by atoms with Crippen LogP contribution in [0.2, 0.25) is 0 Å². The molecule has 2 nitrogen and oxygen atoms in total. The van der Waals surface area contributed by atoms with Crippen molar-refractivity contribution in [3.8, 4) is 0 Å². The molecule has 64 valence electrons. The predicted octanol–water partition coefficient (Wildman–Crippen LogP) is 1.63. The molecule has 0 amide bonds. The van der Waals surface area contributed by atoms with Gasteiger partial charge < -0.3 is 5.73 Å². The van der Waals surface area contributed by atoms with E-state index in [4.69, 9.17) is 5.73 Å². The van der Waals surface area contributed by atoms with Crippen LogP contribution in [0.4, 0.5) is 4.39 Å². The monoisotopic (exact) mass is 166 g/mol. The molecule has 1 aromatic heterocycles. The highest BCUT2D eigenvalue weighted by atomic mass is 19.1. The highest BCUT2D eigenvalue weighted by Crippen LogP contribution is 2.38. The van der Waals surface area contributed by atoms with Crippen LogP contribution in [0.3, 0.4) is 0 Å². The molecular weight excluding hydrogens is 155 g/mol. The van der Waals surface area contributed by atoms with Gasteiger partial charge >= 0.3 is 0 Å². The largest absolute Gasteiger partial charge is 0.324 e. The molecule has 12 heavy (non-hydrogen) atoms. The van der Waals surface area contributed by atoms with Crippen LogP contribution in [0, 0.1) is 11.9 Å². The fourth-order valence-electron chi connectivity index (χ4n) is 1.31. The van der Waals surface area contributed by atoms with Gasteiger partial charge in [0.2, 0.25) is 5.95 Å². The van der Waals surface area contributed by atoms with Gasteiger partial charge in [-0.2, -0.15) is 4.39 Å². The molecular formula is C9H11FN2. The van der Waals surface area contributed by atoms with E-state index in [1.54, 1.807) is 6.07 Å². The zero-order valence-corrected chi connectivity index (χ0v) is 6.70. The fraction of sp³-hybridized carbons (Fsp3) is 0.444. The topological polar surface area (TPSA) is 38.9 Å². The highest BCUT2D eigenvalue weighted by Gasteiger charge is 2.29. The minimum Gasteiger partial charge on any atom is -0.324 e. The van der Waals surface area contributed by atoms with Gasteiger partial charge in [-0.1, -0.05) is 6.07 Å². The summed E-state index contributed by atoms with van der Waals surface area (Å²) in [4.78, 5) is 3.56. The van der Waals surface area contributed by atoms with Gasteiger partial charge in [0.05, 0.1) is 0 Å². The van der Waals surface area contributed by atoms with E-state index in [2.05, 4.69) is 4.98 Å². The van der Waals surface area contributed by atoms with Crippen LogP contribution >= 0.6 is 0 Å². The lowest BCUT2D eigenvalue weighted by Gasteiger charge is -2.08. The van der Waals surface area contributed by atoms with E-state index >= 15 is 0 Å². The summed E-state index contributed by atoms with van der Waals surface area (Å²) in [5, 5.41) is 0. The summed E-state index contributed by atoms with van der Waals surface area (Å²) < 4.78 is 12.4. The summed E-state index contributed by atoms with van der Waals surface area (Å²) in [6, 6.07) is 3.13. The molecule has 0 spiro atoms. The van der Waals surface area contributed by atoms with Crippen molar-refractivity contribution in [1.82, 2.24) is 4.98 Å². The number of nitrogens with zero attached hydrogens (tertiary/aromatic N) is 1. The third-order valence-corrected chi connectivity index (χ3v) is 2.27. The Bertz CT molecular complexity index is 266. The molecule has 0 bridgehead atoms. The van der Waals surface area contributed by atoms with Gasteiger partial charge in [0.1, 0.15) is 0 Å². The quantitative estimate of drug-likeness (QED) is 0.678. The Morgan fingerprint density at radius 3 is 2.75 bits per heavy atom. The van der Waals surface area contributed by atoms with Gasteiger partial charge in [0.15, 0.2) is 0 Å². The summed E-state index contributed by atoms with van der Waals surface area (Å²) in [6.45, 7) is 0. The Balaban J connectivity index is 2.16. The van der Waals surface area contributed by atoms with Crippen molar-refractivity contribution in [2.45, 2.75) is 18.9 Å². The molecule has 1 saturated carbocycles. The number of hydrogen-bond acceptors (Lipinski definition) is 2.